The van der Waals surface area contributed by atoms with Gasteiger partial charge in [0, 0.05) is 17.2 Å². The number of phenolic OH excluding ortho intramolecular Hbond substituents is 1. The summed E-state index contributed by atoms with van der Waals surface area (Å²) in [6.07, 6.45) is -7.24. The SMILES string of the molecule is COc1ccc2c(c1O)OC1c3ccc(O[C@@H]4O[C@H](CO)[C@@H](O)[C@H](O)[C@H]4O)cc3OCC21. The van der Waals surface area contributed by atoms with Crippen molar-refractivity contribution in [1.82, 2.24) is 0 Å². The van der Waals surface area contributed by atoms with E-state index >= 15 is 0 Å². The Kier molecular flexibility index (Phi) is 5.26. The van der Waals surface area contributed by atoms with Crippen molar-refractivity contribution >= 4 is 0 Å². The zero-order chi connectivity index (χ0) is 22.6. The van der Waals surface area contributed by atoms with Gasteiger partial charge in [-0.1, -0.05) is 6.07 Å². The molecule has 5 rings (SSSR count). The van der Waals surface area contributed by atoms with Gasteiger partial charge in [-0.05, 0) is 18.2 Å². The monoisotopic (exact) mass is 448 g/mol. The smallest absolute Gasteiger partial charge is 0.229 e. The number of hydrogen-bond acceptors (Lipinski definition) is 10. The quantitative estimate of drug-likeness (QED) is 0.439. The van der Waals surface area contributed by atoms with Gasteiger partial charge in [-0.2, -0.15) is 0 Å². The van der Waals surface area contributed by atoms with E-state index in [9.17, 15) is 25.5 Å². The molecule has 2 aromatic rings. The van der Waals surface area contributed by atoms with Gasteiger partial charge in [0.25, 0.3) is 0 Å². The lowest BCUT2D eigenvalue weighted by Gasteiger charge is -2.39. The molecule has 2 aromatic carbocycles. The lowest BCUT2D eigenvalue weighted by Crippen LogP contribution is -2.60. The molecule has 3 aliphatic rings. The van der Waals surface area contributed by atoms with Gasteiger partial charge in [0.2, 0.25) is 12.0 Å². The Morgan fingerprint density at radius 1 is 1.03 bits per heavy atom. The number of aromatic hydroxyl groups is 1. The van der Waals surface area contributed by atoms with Crippen LogP contribution in [0.15, 0.2) is 30.3 Å². The van der Waals surface area contributed by atoms with Crippen LogP contribution in [0.4, 0.5) is 0 Å². The highest BCUT2D eigenvalue weighted by molar-refractivity contribution is 5.60. The minimum Gasteiger partial charge on any atom is -0.502 e. The van der Waals surface area contributed by atoms with Crippen molar-refractivity contribution in [1.29, 1.82) is 0 Å². The largest absolute Gasteiger partial charge is 0.502 e. The Labute approximate surface area is 183 Å². The minimum atomic E-state index is -1.53. The Balaban J connectivity index is 1.37. The number of hydrogen-bond donors (Lipinski definition) is 5. The molecule has 0 aromatic heterocycles. The zero-order valence-corrected chi connectivity index (χ0v) is 17.1. The van der Waals surface area contributed by atoms with E-state index in [1.54, 1.807) is 24.3 Å². The third kappa shape index (κ3) is 3.23. The second kappa shape index (κ2) is 7.98. The van der Waals surface area contributed by atoms with E-state index in [1.165, 1.54) is 7.11 Å². The van der Waals surface area contributed by atoms with Gasteiger partial charge in [-0.15, -0.1) is 0 Å². The van der Waals surface area contributed by atoms with Crippen molar-refractivity contribution < 1.29 is 49.2 Å². The van der Waals surface area contributed by atoms with Crippen LogP contribution in [0.5, 0.6) is 28.7 Å². The molecule has 0 aliphatic carbocycles. The second-order valence-corrected chi connectivity index (χ2v) is 8.01. The molecule has 32 heavy (non-hydrogen) atoms. The van der Waals surface area contributed by atoms with Crippen LogP contribution in [0.1, 0.15) is 23.1 Å². The Bertz CT molecular complexity index is 1010. The Hall–Kier alpha value is -2.76. The van der Waals surface area contributed by atoms with Gasteiger partial charge in [0.05, 0.1) is 26.2 Å². The number of aliphatic hydroxyl groups is 4. The van der Waals surface area contributed by atoms with E-state index in [1.807, 2.05) is 6.07 Å². The lowest BCUT2D eigenvalue weighted by atomic mass is 9.89. The van der Waals surface area contributed by atoms with Crippen molar-refractivity contribution in [2.75, 3.05) is 20.3 Å². The summed E-state index contributed by atoms with van der Waals surface area (Å²) in [7, 11) is 1.47. The van der Waals surface area contributed by atoms with Crippen LogP contribution < -0.4 is 18.9 Å². The first-order valence-electron chi connectivity index (χ1n) is 10.2. The molecular formula is C22H24O10. The predicted molar refractivity (Wildman–Crippen MR) is 107 cm³/mol. The number of benzene rings is 2. The van der Waals surface area contributed by atoms with Crippen LogP contribution in [-0.2, 0) is 4.74 Å². The first kappa shape index (κ1) is 21.1. The third-order valence-corrected chi connectivity index (χ3v) is 6.17. The number of ether oxygens (including phenoxy) is 5. The highest BCUT2D eigenvalue weighted by Gasteiger charge is 2.45. The average molecular weight is 448 g/mol. The molecule has 1 saturated heterocycles. The van der Waals surface area contributed by atoms with Crippen LogP contribution in [0.2, 0.25) is 0 Å². The standard InChI is InChI=1S/C22H24O10/c1-28-13-5-4-10-12-8-29-14-6-9(2-3-11(14)20(12)32-21(10)17(13)25)30-22-19(27)18(26)16(24)15(7-23)31-22/h2-6,12,15-16,18-20,22-27H,7-8H2,1H3/t12?,15-,16-,18+,19-,20?,22-/m1/s1. The lowest BCUT2D eigenvalue weighted by molar-refractivity contribution is -0.277. The van der Waals surface area contributed by atoms with Crippen molar-refractivity contribution in [2.24, 2.45) is 0 Å². The summed E-state index contributed by atoms with van der Waals surface area (Å²) in [6.45, 7) is -0.226. The fourth-order valence-electron chi connectivity index (χ4n) is 4.41. The maximum absolute atomic E-state index is 10.4. The van der Waals surface area contributed by atoms with Gasteiger partial charge >= 0.3 is 0 Å². The molecule has 3 aliphatic heterocycles. The molecule has 2 unspecified atom stereocenters. The summed E-state index contributed by atoms with van der Waals surface area (Å²) < 4.78 is 28.2. The highest BCUT2D eigenvalue weighted by Crippen LogP contribution is 2.56. The van der Waals surface area contributed by atoms with Gasteiger partial charge in [0.1, 0.15) is 42.0 Å². The van der Waals surface area contributed by atoms with Crippen molar-refractivity contribution in [3.8, 4) is 28.7 Å². The summed E-state index contributed by atoms with van der Waals surface area (Å²) in [4.78, 5) is 0. The van der Waals surface area contributed by atoms with Crippen LogP contribution in [-0.4, -0.2) is 76.6 Å². The average Bonchev–Trinajstić information content (AvgIpc) is 3.19. The molecule has 172 valence electrons. The fraction of sp³-hybridized carbons (Fsp3) is 0.455. The number of aliphatic hydroxyl groups excluding tert-OH is 4. The van der Waals surface area contributed by atoms with E-state index < -0.39 is 37.3 Å². The number of phenols is 1. The van der Waals surface area contributed by atoms with E-state index in [-0.39, 0.29) is 17.8 Å². The highest BCUT2D eigenvalue weighted by atomic mass is 16.7. The van der Waals surface area contributed by atoms with E-state index in [4.69, 9.17) is 23.7 Å². The van der Waals surface area contributed by atoms with E-state index in [0.717, 1.165) is 11.1 Å². The van der Waals surface area contributed by atoms with Crippen LogP contribution in [0.25, 0.3) is 0 Å². The molecular weight excluding hydrogens is 424 g/mol. The molecule has 0 spiro atoms. The van der Waals surface area contributed by atoms with E-state index in [0.29, 0.717) is 29.6 Å². The van der Waals surface area contributed by atoms with Gasteiger partial charge in [-0.25, -0.2) is 0 Å². The summed E-state index contributed by atoms with van der Waals surface area (Å²) >= 11 is 0. The molecule has 0 radical (unpaired) electrons. The molecule has 10 heteroatoms. The molecule has 0 amide bonds. The van der Waals surface area contributed by atoms with Gasteiger partial charge in [0.15, 0.2) is 11.5 Å². The third-order valence-electron chi connectivity index (χ3n) is 6.17. The second-order valence-electron chi connectivity index (χ2n) is 8.01. The summed E-state index contributed by atoms with van der Waals surface area (Å²) in [5.41, 5.74) is 1.59. The molecule has 3 heterocycles. The summed E-state index contributed by atoms with van der Waals surface area (Å²) in [5, 5.41) is 49.8. The molecule has 1 fully saturated rings. The van der Waals surface area contributed by atoms with Gasteiger partial charge < -0.3 is 49.2 Å². The Morgan fingerprint density at radius 3 is 2.56 bits per heavy atom. The van der Waals surface area contributed by atoms with E-state index in [2.05, 4.69) is 0 Å². The number of rotatable bonds is 4. The predicted octanol–water partition coefficient (Wildman–Crippen LogP) is 0.189. The molecule has 0 saturated carbocycles. The topological polar surface area (TPSA) is 147 Å². The van der Waals surface area contributed by atoms with Crippen LogP contribution >= 0.6 is 0 Å². The summed E-state index contributed by atoms with van der Waals surface area (Å²) in [6, 6.07) is 8.54. The molecule has 5 N–H and O–H groups in total. The van der Waals surface area contributed by atoms with Crippen LogP contribution in [0, 0.1) is 0 Å². The summed E-state index contributed by atoms with van der Waals surface area (Å²) in [5.74, 6) is 1.35. The maximum Gasteiger partial charge on any atom is 0.229 e. The maximum atomic E-state index is 10.4. The zero-order valence-electron chi connectivity index (χ0n) is 17.1. The normalized spacial score (nSPS) is 32.7. The van der Waals surface area contributed by atoms with Crippen LogP contribution in [0.3, 0.4) is 0 Å². The van der Waals surface area contributed by atoms with Crippen molar-refractivity contribution in [3.63, 3.8) is 0 Å². The molecule has 10 nitrogen and oxygen atoms in total. The minimum absolute atomic E-state index is 0.0523. The first-order chi connectivity index (χ1) is 15.4. The fourth-order valence-corrected chi connectivity index (χ4v) is 4.41. The van der Waals surface area contributed by atoms with Gasteiger partial charge in [-0.3, -0.25) is 0 Å². The molecule has 0 bridgehead atoms. The van der Waals surface area contributed by atoms with Crippen molar-refractivity contribution in [3.05, 3.63) is 41.5 Å². The molecule has 7 atom stereocenters. The van der Waals surface area contributed by atoms with Crippen molar-refractivity contribution in [2.45, 2.75) is 42.7 Å². The first-order valence-corrected chi connectivity index (χ1v) is 10.2. The number of methoxy groups -OCH3 is 1. The number of fused-ring (bicyclic) bond motifs is 5. The Morgan fingerprint density at radius 2 is 1.81 bits per heavy atom.